The molecule has 1 fully saturated rings. The van der Waals surface area contributed by atoms with Crippen molar-refractivity contribution in [2.45, 2.75) is 19.5 Å². The fourth-order valence-corrected chi connectivity index (χ4v) is 3.53. The quantitative estimate of drug-likeness (QED) is 0.702. The number of benzene rings is 1. The third-order valence-corrected chi connectivity index (χ3v) is 4.90. The first kappa shape index (κ1) is 18.4. The van der Waals surface area contributed by atoms with Gasteiger partial charge in [-0.2, -0.15) is 0 Å². The number of nitrogens with zero attached hydrogens (tertiary/aromatic N) is 4. The fourth-order valence-electron chi connectivity index (χ4n) is 3.53. The van der Waals surface area contributed by atoms with Crippen molar-refractivity contribution in [1.29, 1.82) is 0 Å². The van der Waals surface area contributed by atoms with E-state index in [-0.39, 0.29) is 5.82 Å². The first-order valence-electron chi connectivity index (χ1n) is 9.29. The van der Waals surface area contributed by atoms with Crippen LogP contribution in [0.5, 0.6) is 5.75 Å². The SMILES string of the molecule is COc1cncc(NCc2cc3nccnc3cc2F)c1N1CCNC(C)C1. The highest BCUT2D eigenvalue weighted by Crippen LogP contribution is 2.36. The number of fused-ring (bicyclic) bond motifs is 1. The molecule has 8 heteroatoms. The largest absolute Gasteiger partial charge is 0.493 e. The lowest BCUT2D eigenvalue weighted by atomic mass is 10.1. The molecule has 0 amide bonds. The van der Waals surface area contributed by atoms with Gasteiger partial charge < -0.3 is 20.3 Å². The second kappa shape index (κ2) is 7.93. The molecule has 1 atom stereocenters. The summed E-state index contributed by atoms with van der Waals surface area (Å²) in [6.07, 6.45) is 6.62. The highest BCUT2D eigenvalue weighted by Gasteiger charge is 2.22. The molecule has 0 radical (unpaired) electrons. The van der Waals surface area contributed by atoms with Gasteiger partial charge in [0.1, 0.15) is 11.5 Å². The molecule has 28 heavy (non-hydrogen) atoms. The number of pyridine rings is 1. The van der Waals surface area contributed by atoms with E-state index in [1.807, 2.05) is 0 Å². The average Bonchev–Trinajstić information content (AvgIpc) is 2.71. The number of rotatable bonds is 5. The predicted molar refractivity (Wildman–Crippen MR) is 107 cm³/mol. The molecule has 0 aliphatic carbocycles. The Morgan fingerprint density at radius 1 is 1.25 bits per heavy atom. The number of piperazine rings is 1. The highest BCUT2D eigenvalue weighted by atomic mass is 19.1. The van der Waals surface area contributed by atoms with Crippen molar-refractivity contribution < 1.29 is 9.13 Å². The summed E-state index contributed by atoms with van der Waals surface area (Å²) in [5.74, 6) is 0.387. The molecule has 4 rings (SSSR count). The fraction of sp³-hybridized carbons (Fsp3) is 0.350. The van der Waals surface area contributed by atoms with Crippen molar-refractivity contribution in [2.75, 3.05) is 37.0 Å². The Kier molecular flexibility index (Phi) is 5.21. The minimum Gasteiger partial charge on any atom is -0.493 e. The maximum atomic E-state index is 14.5. The number of nitrogens with one attached hydrogen (secondary N) is 2. The van der Waals surface area contributed by atoms with Crippen molar-refractivity contribution in [3.05, 3.63) is 48.3 Å². The van der Waals surface area contributed by atoms with Crippen molar-refractivity contribution in [3.63, 3.8) is 0 Å². The lowest BCUT2D eigenvalue weighted by molar-refractivity contribution is 0.408. The van der Waals surface area contributed by atoms with Gasteiger partial charge in [0.2, 0.25) is 0 Å². The van der Waals surface area contributed by atoms with Crippen LogP contribution in [0.1, 0.15) is 12.5 Å². The summed E-state index contributed by atoms with van der Waals surface area (Å²) in [6.45, 7) is 5.07. The van der Waals surface area contributed by atoms with E-state index in [0.29, 0.717) is 34.9 Å². The molecule has 0 bridgehead atoms. The molecule has 146 valence electrons. The zero-order valence-corrected chi connectivity index (χ0v) is 15.9. The summed E-state index contributed by atoms with van der Waals surface area (Å²) in [7, 11) is 1.64. The summed E-state index contributed by atoms with van der Waals surface area (Å²) in [6, 6.07) is 3.52. The lowest BCUT2D eigenvalue weighted by Gasteiger charge is -2.35. The number of halogens is 1. The summed E-state index contributed by atoms with van der Waals surface area (Å²) in [5.41, 5.74) is 3.50. The molecule has 2 aromatic heterocycles. The second-order valence-electron chi connectivity index (χ2n) is 6.88. The van der Waals surface area contributed by atoms with Crippen LogP contribution in [0.4, 0.5) is 15.8 Å². The van der Waals surface area contributed by atoms with Gasteiger partial charge in [0, 0.05) is 56.2 Å². The Balaban J connectivity index is 1.62. The van der Waals surface area contributed by atoms with E-state index in [1.54, 1.807) is 38.0 Å². The Hall–Kier alpha value is -3.00. The predicted octanol–water partition coefficient (Wildman–Crippen LogP) is 2.58. The second-order valence-corrected chi connectivity index (χ2v) is 6.88. The summed E-state index contributed by atoms with van der Waals surface area (Å²) >= 11 is 0. The normalized spacial score (nSPS) is 17.0. The Morgan fingerprint density at radius 2 is 2.04 bits per heavy atom. The van der Waals surface area contributed by atoms with E-state index in [4.69, 9.17) is 4.74 Å². The molecular weight excluding hydrogens is 359 g/mol. The van der Waals surface area contributed by atoms with Gasteiger partial charge in [0.05, 0.1) is 36.2 Å². The molecule has 2 N–H and O–H groups in total. The van der Waals surface area contributed by atoms with Crippen LogP contribution in [-0.4, -0.2) is 47.7 Å². The first-order chi connectivity index (χ1) is 13.7. The van der Waals surface area contributed by atoms with E-state index in [1.165, 1.54) is 6.07 Å². The number of ether oxygens (including phenoxy) is 1. The van der Waals surface area contributed by atoms with Crippen LogP contribution in [0.3, 0.4) is 0 Å². The number of anilines is 2. The van der Waals surface area contributed by atoms with Gasteiger partial charge in [0.25, 0.3) is 0 Å². The van der Waals surface area contributed by atoms with Crippen LogP contribution < -0.4 is 20.3 Å². The zero-order valence-electron chi connectivity index (χ0n) is 15.9. The number of hydrogen-bond acceptors (Lipinski definition) is 7. The molecule has 3 heterocycles. The molecule has 0 spiro atoms. The minimum atomic E-state index is -0.311. The smallest absolute Gasteiger partial charge is 0.162 e. The van der Waals surface area contributed by atoms with Gasteiger partial charge in [-0.25, -0.2) is 4.39 Å². The van der Waals surface area contributed by atoms with E-state index in [0.717, 1.165) is 31.0 Å². The molecule has 3 aromatic rings. The maximum absolute atomic E-state index is 14.5. The monoisotopic (exact) mass is 382 g/mol. The molecule has 1 aliphatic heterocycles. The summed E-state index contributed by atoms with van der Waals surface area (Å²) < 4.78 is 20.1. The van der Waals surface area contributed by atoms with Crippen LogP contribution in [0.25, 0.3) is 11.0 Å². The van der Waals surface area contributed by atoms with E-state index < -0.39 is 0 Å². The molecule has 1 saturated heterocycles. The van der Waals surface area contributed by atoms with E-state index in [2.05, 4.69) is 37.4 Å². The van der Waals surface area contributed by atoms with Crippen LogP contribution in [0.2, 0.25) is 0 Å². The topological polar surface area (TPSA) is 75.2 Å². The first-order valence-corrected chi connectivity index (χ1v) is 9.29. The van der Waals surface area contributed by atoms with Crippen molar-refractivity contribution in [2.24, 2.45) is 0 Å². The molecule has 1 unspecified atom stereocenters. The van der Waals surface area contributed by atoms with Gasteiger partial charge >= 0.3 is 0 Å². The Morgan fingerprint density at radius 3 is 2.79 bits per heavy atom. The van der Waals surface area contributed by atoms with Crippen molar-refractivity contribution >= 4 is 22.4 Å². The standard InChI is InChI=1S/C20H23FN6O/c1-13-12-27(6-5-23-13)20-18(10-22-11-19(20)28-2)26-9-14-7-16-17(8-15(14)21)25-4-3-24-16/h3-4,7-8,10-11,13,23,26H,5-6,9,12H2,1-2H3. The zero-order chi connectivity index (χ0) is 19.5. The lowest BCUT2D eigenvalue weighted by Crippen LogP contribution is -2.49. The van der Waals surface area contributed by atoms with Gasteiger partial charge in [-0.3, -0.25) is 15.0 Å². The molecule has 7 nitrogen and oxygen atoms in total. The summed E-state index contributed by atoms with van der Waals surface area (Å²) in [4.78, 5) is 14.9. The van der Waals surface area contributed by atoms with Crippen molar-refractivity contribution in [3.8, 4) is 5.75 Å². The number of aromatic nitrogens is 3. The molecular formula is C20H23FN6O. The van der Waals surface area contributed by atoms with Gasteiger partial charge in [0.15, 0.2) is 5.75 Å². The van der Waals surface area contributed by atoms with E-state index >= 15 is 0 Å². The van der Waals surface area contributed by atoms with Crippen LogP contribution in [0, 0.1) is 5.82 Å². The van der Waals surface area contributed by atoms with Gasteiger partial charge in [-0.1, -0.05) is 0 Å². The Labute approximate surface area is 163 Å². The summed E-state index contributed by atoms with van der Waals surface area (Å²) in [5, 5.41) is 6.77. The maximum Gasteiger partial charge on any atom is 0.162 e. The number of methoxy groups -OCH3 is 1. The molecule has 0 saturated carbocycles. The van der Waals surface area contributed by atoms with Gasteiger partial charge in [-0.15, -0.1) is 0 Å². The third-order valence-electron chi connectivity index (χ3n) is 4.90. The van der Waals surface area contributed by atoms with Crippen molar-refractivity contribution in [1.82, 2.24) is 20.3 Å². The average molecular weight is 382 g/mol. The van der Waals surface area contributed by atoms with Crippen LogP contribution in [0.15, 0.2) is 36.9 Å². The molecule has 1 aromatic carbocycles. The molecule has 1 aliphatic rings. The number of hydrogen-bond donors (Lipinski definition) is 2. The third kappa shape index (κ3) is 3.68. The van der Waals surface area contributed by atoms with Gasteiger partial charge in [-0.05, 0) is 13.0 Å². The van der Waals surface area contributed by atoms with E-state index in [9.17, 15) is 4.39 Å². The minimum absolute atomic E-state index is 0.307. The highest BCUT2D eigenvalue weighted by molar-refractivity contribution is 5.77. The Bertz CT molecular complexity index is 982. The van der Waals surface area contributed by atoms with Crippen LogP contribution >= 0.6 is 0 Å². The van der Waals surface area contributed by atoms with Crippen LogP contribution in [-0.2, 0) is 6.54 Å².